The third-order valence-electron chi connectivity index (χ3n) is 3.57. The lowest BCUT2D eigenvalue weighted by molar-refractivity contribution is 1.18. The quantitative estimate of drug-likeness (QED) is 0.749. The average Bonchev–Trinajstić information content (AvgIpc) is 2.61. The summed E-state index contributed by atoms with van der Waals surface area (Å²) in [7, 11) is 0. The average molecular weight is 312 g/mol. The second kappa shape index (κ2) is 6.07. The van der Waals surface area contributed by atoms with Crippen molar-refractivity contribution in [3.8, 4) is 34.5 Å². The first-order valence-corrected chi connectivity index (χ1v) is 7.06. The van der Waals surface area contributed by atoms with E-state index in [0.29, 0.717) is 11.3 Å². The van der Waals surface area contributed by atoms with Crippen molar-refractivity contribution < 1.29 is 0 Å². The van der Waals surface area contributed by atoms with E-state index >= 15 is 0 Å². The summed E-state index contributed by atoms with van der Waals surface area (Å²) in [6, 6.07) is 18.9. The molecule has 0 radical (unpaired) electrons. The molecule has 0 bridgehead atoms. The molecular formula is C18H12N6. The van der Waals surface area contributed by atoms with E-state index in [9.17, 15) is 5.26 Å². The maximum Gasteiger partial charge on any atom is 0.222 e. The number of rotatable bonds is 2. The van der Waals surface area contributed by atoms with Gasteiger partial charge in [0.25, 0.3) is 0 Å². The standard InChI is InChI=1S/C18H12N6/c19-9-11-1-3-12(4-2-11)13-5-7-14(8-6-13)16-15(10-20)17(21)24-18(22)23-16/h1-8H,(H4,21,22,23,24). The van der Waals surface area contributed by atoms with Crippen LogP contribution in [0.3, 0.4) is 0 Å². The van der Waals surface area contributed by atoms with Crippen LogP contribution in [0.2, 0.25) is 0 Å². The Morgan fingerprint density at radius 3 is 1.79 bits per heavy atom. The van der Waals surface area contributed by atoms with Crippen molar-refractivity contribution in [1.82, 2.24) is 9.97 Å². The molecule has 1 aromatic heterocycles. The Bertz CT molecular complexity index is 976. The Kier molecular flexibility index (Phi) is 3.80. The highest BCUT2D eigenvalue weighted by molar-refractivity contribution is 5.75. The monoisotopic (exact) mass is 312 g/mol. The maximum absolute atomic E-state index is 9.26. The molecule has 1 heterocycles. The first-order chi connectivity index (χ1) is 11.6. The summed E-state index contributed by atoms with van der Waals surface area (Å²) >= 11 is 0. The lowest BCUT2D eigenvalue weighted by Crippen LogP contribution is -2.04. The molecule has 6 heteroatoms. The number of hydrogen-bond acceptors (Lipinski definition) is 6. The minimum Gasteiger partial charge on any atom is -0.382 e. The number of nitrogen functional groups attached to an aromatic ring is 2. The van der Waals surface area contributed by atoms with Crippen LogP contribution in [0.1, 0.15) is 11.1 Å². The van der Waals surface area contributed by atoms with Crippen LogP contribution in [0, 0.1) is 22.7 Å². The molecule has 0 atom stereocenters. The van der Waals surface area contributed by atoms with Crippen LogP contribution in [0.4, 0.5) is 11.8 Å². The second-order valence-corrected chi connectivity index (χ2v) is 5.07. The fourth-order valence-electron chi connectivity index (χ4n) is 2.37. The van der Waals surface area contributed by atoms with Crippen LogP contribution in [0.5, 0.6) is 0 Å². The van der Waals surface area contributed by atoms with Gasteiger partial charge in [0.15, 0.2) is 0 Å². The zero-order valence-corrected chi connectivity index (χ0v) is 12.6. The molecule has 0 unspecified atom stereocenters. The molecule has 0 amide bonds. The third-order valence-corrected chi connectivity index (χ3v) is 3.57. The predicted octanol–water partition coefficient (Wildman–Crippen LogP) is 2.72. The first-order valence-electron chi connectivity index (χ1n) is 7.06. The Morgan fingerprint density at radius 2 is 1.25 bits per heavy atom. The van der Waals surface area contributed by atoms with Gasteiger partial charge >= 0.3 is 0 Å². The number of benzene rings is 2. The lowest BCUT2D eigenvalue weighted by Gasteiger charge is -2.08. The largest absolute Gasteiger partial charge is 0.382 e. The molecule has 4 N–H and O–H groups in total. The summed E-state index contributed by atoms with van der Waals surface area (Å²) in [4.78, 5) is 7.94. The van der Waals surface area contributed by atoms with E-state index in [0.717, 1.165) is 16.7 Å². The highest BCUT2D eigenvalue weighted by atomic mass is 15.0. The van der Waals surface area contributed by atoms with Crippen LogP contribution in [0.25, 0.3) is 22.4 Å². The van der Waals surface area contributed by atoms with Gasteiger partial charge in [0.05, 0.1) is 17.3 Å². The van der Waals surface area contributed by atoms with Crippen LogP contribution in [0.15, 0.2) is 48.5 Å². The minimum absolute atomic E-state index is 0.0256. The van der Waals surface area contributed by atoms with Gasteiger partial charge in [-0.2, -0.15) is 15.5 Å². The number of nitrogens with two attached hydrogens (primary N) is 2. The molecule has 3 aromatic rings. The molecule has 0 aliphatic carbocycles. The first kappa shape index (κ1) is 15.0. The molecule has 0 saturated heterocycles. The van der Waals surface area contributed by atoms with Gasteiger partial charge in [-0.25, -0.2) is 4.98 Å². The fourth-order valence-corrected chi connectivity index (χ4v) is 2.37. The van der Waals surface area contributed by atoms with E-state index in [1.807, 2.05) is 42.5 Å². The molecule has 3 rings (SSSR count). The predicted molar refractivity (Wildman–Crippen MR) is 91.2 cm³/mol. The summed E-state index contributed by atoms with van der Waals surface area (Å²) in [5.74, 6) is 0.0915. The molecule has 114 valence electrons. The number of nitrogens with zero attached hydrogens (tertiary/aromatic N) is 4. The number of anilines is 2. The van der Waals surface area contributed by atoms with E-state index < -0.39 is 0 Å². The van der Waals surface area contributed by atoms with Crippen molar-refractivity contribution in [3.05, 3.63) is 59.7 Å². The highest BCUT2D eigenvalue weighted by Gasteiger charge is 2.13. The Balaban J connectivity index is 2.01. The Hall–Kier alpha value is -3.90. The van der Waals surface area contributed by atoms with Gasteiger partial charge in [-0.15, -0.1) is 0 Å². The van der Waals surface area contributed by atoms with Gasteiger partial charge in [-0.05, 0) is 23.3 Å². The Morgan fingerprint density at radius 1 is 0.708 bits per heavy atom. The van der Waals surface area contributed by atoms with Crippen LogP contribution < -0.4 is 11.5 Å². The number of nitriles is 2. The van der Waals surface area contributed by atoms with E-state index in [2.05, 4.69) is 16.0 Å². The molecule has 0 fully saturated rings. The maximum atomic E-state index is 9.26. The van der Waals surface area contributed by atoms with E-state index in [-0.39, 0.29) is 17.3 Å². The van der Waals surface area contributed by atoms with E-state index in [1.54, 1.807) is 12.1 Å². The number of aromatic nitrogens is 2. The van der Waals surface area contributed by atoms with Gasteiger partial charge in [0.2, 0.25) is 5.95 Å². The number of hydrogen-bond donors (Lipinski definition) is 2. The SMILES string of the molecule is N#Cc1ccc(-c2ccc(-c3nc(N)nc(N)c3C#N)cc2)cc1. The zero-order chi connectivity index (χ0) is 17.1. The molecule has 24 heavy (non-hydrogen) atoms. The molecule has 0 spiro atoms. The second-order valence-electron chi connectivity index (χ2n) is 5.07. The molecule has 2 aromatic carbocycles. The lowest BCUT2D eigenvalue weighted by atomic mass is 10.0. The molecular weight excluding hydrogens is 300 g/mol. The fraction of sp³-hybridized carbons (Fsp3) is 0. The van der Waals surface area contributed by atoms with Crippen LogP contribution >= 0.6 is 0 Å². The van der Waals surface area contributed by atoms with Crippen molar-refractivity contribution in [2.24, 2.45) is 0 Å². The normalized spacial score (nSPS) is 9.92. The van der Waals surface area contributed by atoms with E-state index in [1.165, 1.54) is 0 Å². The smallest absolute Gasteiger partial charge is 0.222 e. The van der Waals surface area contributed by atoms with Crippen molar-refractivity contribution >= 4 is 11.8 Å². The van der Waals surface area contributed by atoms with Gasteiger partial charge in [0, 0.05) is 5.56 Å². The molecule has 0 aliphatic heterocycles. The van der Waals surface area contributed by atoms with Crippen molar-refractivity contribution in [1.29, 1.82) is 10.5 Å². The summed E-state index contributed by atoms with van der Waals surface area (Å²) in [5.41, 5.74) is 15.3. The van der Waals surface area contributed by atoms with E-state index in [4.69, 9.17) is 16.7 Å². The molecule has 6 nitrogen and oxygen atoms in total. The van der Waals surface area contributed by atoms with Crippen molar-refractivity contribution in [3.63, 3.8) is 0 Å². The van der Waals surface area contributed by atoms with Crippen LogP contribution in [-0.4, -0.2) is 9.97 Å². The molecule has 0 saturated carbocycles. The van der Waals surface area contributed by atoms with Crippen molar-refractivity contribution in [2.45, 2.75) is 0 Å². The summed E-state index contributed by atoms with van der Waals surface area (Å²) in [5, 5.41) is 18.1. The van der Waals surface area contributed by atoms with Gasteiger partial charge in [0.1, 0.15) is 17.5 Å². The highest BCUT2D eigenvalue weighted by Crippen LogP contribution is 2.28. The zero-order valence-electron chi connectivity index (χ0n) is 12.6. The van der Waals surface area contributed by atoms with Gasteiger partial charge in [-0.3, -0.25) is 0 Å². The minimum atomic E-state index is 0.0256. The van der Waals surface area contributed by atoms with Gasteiger partial charge in [-0.1, -0.05) is 36.4 Å². The molecule has 0 aliphatic rings. The van der Waals surface area contributed by atoms with Crippen LogP contribution in [-0.2, 0) is 0 Å². The Labute approximate surface area is 138 Å². The summed E-state index contributed by atoms with van der Waals surface area (Å²) in [6.45, 7) is 0. The van der Waals surface area contributed by atoms with Gasteiger partial charge < -0.3 is 11.5 Å². The summed E-state index contributed by atoms with van der Waals surface area (Å²) in [6.07, 6.45) is 0. The third kappa shape index (κ3) is 2.72. The van der Waals surface area contributed by atoms with Crippen molar-refractivity contribution in [2.75, 3.05) is 11.5 Å². The summed E-state index contributed by atoms with van der Waals surface area (Å²) < 4.78 is 0. The topological polar surface area (TPSA) is 125 Å².